The third kappa shape index (κ3) is 8.11. The molecule has 1 nitrogen and oxygen atoms in total. The van der Waals surface area contributed by atoms with Crippen LogP contribution < -0.4 is 0 Å². The third-order valence-electron chi connectivity index (χ3n) is 2.82. The topological polar surface area (TPSA) is 20.2 Å². The Bertz CT molecular complexity index is 409. The van der Waals surface area contributed by atoms with E-state index in [2.05, 4.69) is 107 Å². The minimum atomic E-state index is -0.278. The van der Waals surface area contributed by atoms with Crippen LogP contribution in [0.1, 0.15) is 57.2 Å². The van der Waals surface area contributed by atoms with E-state index in [-0.39, 0.29) is 10.3 Å². The minimum absolute atomic E-state index is 0.141. The molecule has 0 fully saturated rings. The molecule has 1 aromatic rings. The molecule has 0 amide bonds. The molecule has 0 atom stereocenters. The Hall–Kier alpha value is 1.79. The van der Waals surface area contributed by atoms with E-state index < -0.39 is 0 Å². The van der Waals surface area contributed by atoms with Crippen molar-refractivity contribution in [3.8, 4) is 5.75 Å². The van der Waals surface area contributed by atoms with Crippen molar-refractivity contribution in [1.82, 2.24) is 0 Å². The van der Waals surface area contributed by atoms with Crippen LogP contribution in [0, 0.1) is 6.92 Å². The number of phenolic OH excluding ortho intramolecular Hbond substituents is 1. The molecule has 1 N–H and O–H groups in total. The fourth-order valence-corrected chi connectivity index (χ4v) is 1.68. The molecule has 0 spiro atoms. The third-order valence-corrected chi connectivity index (χ3v) is 2.82. The van der Waals surface area contributed by atoms with Crippen LogP contribution in [0.2, 0.25) is 0 Å². The van der Waals surface area contributed by atoms with Gasteiger partial charge in [0.15, 0.2) is 0 Å². The van der Waals surface area contributed by atoms with Gasteiger partial charge in [-0.3, -0.25) is 0 Å². The van der Waals surface area contributed by atoms with Gasteiger partial charge in [0.1, 0.15) is 5.75 Å². The predicted molar refractivity (Wildman–Crippen MR) is 108 cm³/mol. The molecule has 0 aliphatic rings. The number of phenols is 1. The Kier molecular flexibility index (Phi) is 9.91. The van der Waals surface area contributed by atoms with Crippen LogP contribution >= 0.6 is 59.9 Å². The van der Waals surface area contributed by atoms with Gasteiger partial charge in [0, 0.05) is 0 Å². The zero-order valence-corrected chi connectivity index (χ0v) is 20.1. The van der Waals surface area contributed by atoms with Gasteiger partial charge < -0.3 is 5.11 Å². The van der Waals surface area contributed by atoms with Crippen molar-refractivity contribution in [3.05, 3.63) is 28.8 Å². The Morgan fingerprint density at radius 3 is 1.84 bits per heavy atom. The second-order valence-electron chi connectivity index (χ2n) is 5.83. The quantitative estimate of drug-likeness (QED) is 0.337. The number of benzene rings is 1. The number of halogens is 3. The number of rotatable bonds is 1. The van der Waals surface area contributed by atoms with Crippen molar-refractivity contribution in [2.75, 3.05) is 0 Å². The summed E-state index contributed by atoms with van der Waals surface area (Å²) in [5.41, 5.74) is 3.47. The zero-order valence-electron chi connectivity index (χ0n) is 12.3. The average Bonchev–Trinajstić information content (AvgIpc) is 2.18. The summed E-state index contributed by atoms with van der Waals surface area (Å²) in [4.78, 5) is -0.278. The van der Waals surface area contributed by atoms with E-state index in [1.807, 2.05) is 6.92 Å². The molecule has 0 heterocycles. The SMILES string of the molecule is Cc1cc(C(C)(C)C)cc(C(C)C)c1O.[I][V]([I])[I]. The van der Waals surface area contributed by atoms with Gasteiger partial charge >= 0.3 is 64.9 Å². The molecule has 0 unspecified atom stereocenters. The summed E-state index contributed by atoms with van der Waals surface area (Å²) in [6, 6.07) is 4.22. The van der Waals surface area contributed by atoms with Crippen LogP contribution in [0.3, 0.4) is 0 Å². The molecule has 0 saturated carbocycles. The molecule has 0 saturated heterocycles. The van der Waals surface area contributed by atoms with Crippen molar-refractivity contribution >= 4 is 59.9 Å². The second-order valence-corrected chi connectivity index (χ2v) is 41.2. The summed E-state index contributed by atoms with van der Waals surface area (Å²) >= 11 is 7.39. The van der Waals surface area contributed by atoms with E-state index in [4.69, 9.17) is 0 Å². The first-order valence-corrected chi connectivity index (χ1v) is 19.6. The standard InChI is InChI=1S/C14H22O.3HI.V/c1-9(2)12-8-11(14(4,5)6)7-10(3)13(12)15;;;;/h7-9,15H,1-6H3;3*1H;/q;;;;+3/p-3. The summed E-state index contributed by atoms with van der Waals surface area (Å²) in [6.07, 6.45) is 0. The summed E-state index contributed by atoms with van der Waals surface area (Å²) in [5.74, 6) is 0.823. The van der Waals surface area contributed by atoms with Crippen LogP contribution in [0.15, 0.2) is 12.1 Å². The summed E-state index contributed by atoms with van der Waals surface area (Å²) < 4.78 is 0. The van der Waals surface area contributed by atoms with Gasteiger partial charge in [0.25, 0.3) is 0 Å². The molecule has 1 rings (SSSR count). The summed E-state index contributed by atoms with van der Waals surface area (Å²) in [7, 11) is 0. The molecule has 19 heavy (non-hydrogen) atoms. The van der Waals surface area contributed by atoms with Crippen molar-refractivity contribution in [1.29, 1.82) is 0 Å². The zero-order chi connectivity index (χ0) is 15.4. The van der Waals surface area contributed by atoms with Gasteiger partial charge in [-0.05, 0) is 34.9 Å². The van der Waals surface area contributed by atoms with Gasteiger partial charge in [0.2, 0.25) is 0 Å². The molecule has 0 bridgehead atoms. The molecule has 5 heteroatoms. The molecule has 0 aliphatic heterocycles. The Morgan fingerprint density at radius 1 is 1.11 bits per heavy atom. The Balaban J connectivity index is 0.000000711. The van der Waals surface area contributed by atoms with Crippen LogP contribution in [0.25, 0.3) is 0 Å². The van der Waals surface area contributed by atoms with Crippen LogP contribution in [0.4, 0.5) is 0 Å². The van der Waals surface area contributed by atoms with E-state index >= 15 is 0 Å². The van der Waals surface area contributed by atoms with E-state index in [0.717, 1.165) is 11.1 Å². The van der Waals surface area contributed by atoms with Gasteiger partial charge in [-0.2, -0.15) is 0 Å². The van der Waals surface area contributed by atoms with Gasteiger partial charge in [-0.1, -0.05) is 46.8 Å². The van der Waals surface area contributed by atoms with E-state index in [1.165, 1.54) is 5.56 Å². The van der Waals surface area contributed by atoms with Crippen LogP contribution in [-0.2, 0) is 10.3 Å². The van der Waals surface area contributed by atoms with Crippen molar-refractivity contribution in [3.63, 3.8) is 0 Å². The number of aromatic hydroxyl groups is 1. The molecule has 110 valence electrons. The van der Waals surface area contributed by atoms with Crippen molar-refractivity contribution in [2.24, 2.45) is 0 Å². The van der Waals surface area contributed by atoms with Crippen molar-refractivity contribution in [2.45, 2.75) is 52.9 Å². The average molecular weight is 638 g/mol. The second kappa shape index (κ2) is 9.05. The number of aryl methyl sites for hydroxylation is 1. The van der Waals surface area contributed by atoms with E-state index in [0.29, 0.717) is 11.7 Å². The van der Waals surface area contributed by atoms with Crippen LogP contribution in [-0.4, -0.2) is 5.11 Å². The first-order chi connectivity index (χ1) is 8.46. The van der Waals surface area contributed by atoms with Gasteiger partial charge in [-0.25, -0.2) is 0 Å². The summed E-state index contributed by atoms with van der Waals surface area (Å²) in [6.45, 7) is 12.8. The normalized spacial score (nSPS) is 11.5. The van der Waals surface area contributed by atoms with Crippen molar-refractivity contribution < 1.29 is 10.0 Å². The van der Waals surface area contributed by atoms with E-state index in [9.17, 15) is 5.11 Å². The fourth-order valence-electron chi connectivity index (χ4n) is 1.68. The Morgan fingerprint density at radius 2 is 1.53 bits per heavy atom. The number of hydrogen-bond acceptors (Lipinski definition) is 1. The Labute approximate surface area is 155 Å². The molecule has 0 aromatic heterocycles. The van der Waals surface area contributed by atoms with E-state index in [1.54, 1.807) is 0 Å². The monoisotopic (exact) mass is 638 g/mol. The molecular formula is C14H22I3OV. The molecule has 1 aromatic carbocycles. The van der Waals surface area contributed by atoms with Gasteiger partial charge in [-0.15, -0.1) is 0 Å². The number of hydrogen-bond donors (Lipinski definition) is 1. The maximum absolute atomic E-state index is 9.96. The predicted octanol–water partition coefficient (Wildman–Crippen LogP) is 6.78. The molecule has 0 aliphatic carbocycles. The summed E-state index contributed by atoms with van der Waals surface area (Å²) in [5, 5.41) is 9.96. The maximum atomic E-state index is 9.96. The first-order valence-electron chi connectivity index (χ1n) is 6.08. The molecule has 0 radical (unpaired) electrons. The first kappa shape index (κ1) is 20.8. The molecular weight excluding hydrogens is 616 g/mol. The van der Waals surface area contributed by atoms with Gasteiger partial charge in [0.05, 0.1) is 0 Å². The fraction of sp³-hybridized carbons (Fsp3) is 0.571. The van der Waals surface area contributed by atoms with Crippen LogP contribution in [0.5, 0.6) is 5.75 Å².